The highest BCUT2D eigenvalue weighted by molar-refractivity contribution is 7.85. The van der Waals surface area contributed by atoms with Crippen LogP contribution in [0.15, 0.2) is 35.2 Å². The summed E-state index contributed by atoms with van der Waals surface area (Å²) in [5.74, 6) is 0. The average molecular weight is 288 g/mol. The van der Waals surface area contributed by atoms with Crippen LogP contribution in [0.5, 0.6) is 0 Å². The summed E-state index contributed by atoms with van der Waals surface area (Å²) in [6.45, 7) is -0.534. The maximum absolute atomic E-state index is 12.3. The Morgan fingerprint density at radius 2 is 1.68 bits per heavy atom. The summed E-state index contributed by atoms with van der Waals surface area (Å²) >= 11 is 0. The zero-order valence-corrected chi connectivity index (χ0v) is 10.8. The standard InChI is InChI=1S/C12H16O6S/c13-6-8-9(14)10(15)11(16)12(18-8)19(17)7-4-2-1-3-5-7/h1-5,8-16H,6H2/t8-,9+,10+,11-,12+,19-/m1/s1. The van der Waals surface area contributed by atoms with Crippen LogP contribution < -0.4 is 0 Å². The fourth-order valence-electron chi connectivity index (χ4n) is 1.93. The van der Waals surface area contributed by atoms with E-state index in [1.807, 2.05) is 0 Å². The minimum absolute atomic E-state index is 0.437. The molecule has 1 saturated heterocycles. The summed E-state index contributed by atoms with van der Waals surface area (Å²) in [4.78, 5) is 0.437. The fourth-order valence-corrected chi connectivity index (χ4v) is 3.28. The molecule has 1 aliphatic rings. The van der Waals surface area contributed by atoms with E-state index in [1.165, 1.54) is 0 Å². The van der Waals surface area contributed by atoms with E-state index < -0.39 is 47.3 Å². The van der Waals surface area contributed by atoms with Gasteiger partial charge in [-0.1, -0.05) is 18.2 Å². The molecule has 1 fully saturated rings. The van der Waals surface area contributed by atoms with Gasteiger partial charge in [0, 0.05) is 4.90 Å². The van der Waals surface area contributed by atoms with Crippen LogP contribution in [0.2, 0.25) is 0 Å². The second kappa shape index (κ2) is 6.08. The van der Waals surface area contributed by atoms with Crippen molar-refractivity contribution >= 4 is 10.8 Å². The molecule has 0 aromatic heterocycles. The quantitative estimate of drug-likeness (QED) is 0.544. The molecule has 0 saturated carbocycles. The number of aliphatic hydroxyl groups excluding tert-OH is 4. The van der Waals surface area contributed by atoms with Crippen LogP contribution in [0.3, 0.4) is 0 Å². The third-order valence-corrected chi connectivity index (χ3v) is 4.58. The molecule has 19 heavy (non-hydrogen) atoms. The molecular weight excluding hydrogens is 272 g/mol. The van der Waals surface area contributed by atoms with E-state index in [9.17, 15) is 19.5 Å². The number of rotatable bonds is 3. The van der Waals surface area contributed by atoms with Gasteiger partial charge in [0.2, 0.25) is 0 Å². The third-order valence-electron chi connectivity index (χ3n) is 3.03. The van der Waals surface area contributed by atoms with Gasteiger partial charge in [-0.05, 0) is 12.1 Å². The molecule has 7 heteroatoms. The van der Waals surface area contributed by atoms with E-state index in [2.05, 4.69) is 0 Å². The predicted octanol–water partition coefficient (Wildman–Crippen LogP) is -1.41. The summed E-state index contributed by atoms with van der Waals surface area (Å²) in [6, 6.07) is 8.36. The van der Waals surface area contributed by atoms with Gasteiger partial charge in [0.05, 0.1) is 17.4 Å². The first kappa shape index (κ1) is 14.6. The molecule has 4 N–H and O–H groups in total. The zero-order chi connectivity index (χ0) is 14.0. The Hall–Kier alpha value is -0.830. The minimum Gasteiger partial charge on any atom is -0.394 e. The molecule has 1 aliphatic heterocycles. The average Bonchev–Trinajstić information content (AvgIpc) is 2.45. The monoisotopic (exact) mass is 288 g/mol. The van der Waals surface area contributed by atoms with Crippen molar-refractivity contribution < 1.29 is 29.4 Å². The Kier molecular flexibility index (Phi) is 4.67. The highest BCUT2D eigenvalue weighted by Crippen LogP contribution is 2.26. The molecule has 0 bridgehead atoms. The molecular formula is C12H16O6S. The molecule has 6 atom stereocenters. The lowest BCUT2D eigenvalue weighted by molar-refractivity contribution is -0.206. The fraction of sp³-hybridized carbons (Fsp3) is 0.500. The maximum Gasteiger partial charge on any atom is 0.166 e. The van der Waals surface area contributed by atoms with Gasteiger partial charge in [0.15, 0.2) is 5.44 Å². The smallest absolute Gasteiger partial charge is 0.166 e. The van der Waals surface area contributed by atoms with Crippen molar-refractivity contribution in [3.8, 4) is 0 Å². The second-order valence-electron chi connectivity index (χ2n) is 4.31. The number of ether oxygens (including phenoxy) is 1. The molecule has 0 aliphatic carbocycles. The van der Waals surface area contributed by atoms with E-state index in [0.29, 0.717) is 4.90 Å². The SMILES string of the molecule is O=[S@](c1ccccc1)[C@@H]1O[C@H](CO)[C@H](O)[C@H](O)[C@H]1O. The molecule has 0 radical (unpaired) electrons. The number of hydrogen-bond donors (Lipinski definition) is 4. The zero-order valence-electron chi connectivity index (χ0n) is 9.99. The summed E-state index contributed by atoms with van der Waals surface area (Å²) in [5.41, 5.74) is -1.20. The molecule has 1 aromatic carbocycles. The summed E-state index contributed by atoms with van der Waals surface area (Å²) in [7, 11) is -1.71. The third kappa shape index (κ3) is 2.86. The van der Waals surface area contributed by atoms with Crippen molar-refractivity contribution in [2.75, 3.05) is 6.61 Å². The van der Waals surface area contributed by atoms with Crippen LogP contribution in [-0.4, -0.2) is 61.1 Å². The molecule has 1 heterocycles. The van der Waals surface area contributed by atoms with Crippen LogP contribution in [-0.2, 0) is 15.5 Å². The van der Waals surface area contributed by atoms with Crippen LogP contribution in [0.4, 0.5) is 0 Å². The van der Waals surface area contributed by atoms with E-state index in [1.54, 1.807) is 30.3 Å². The Labute approximate surface area is 112 Å². The lowest BCUT2D eigenvalue weighted by Gasteiger charge is -2.39. The van der Waals surface area contributed by atoms with E-state index in [-0.39, 0.29) is 0 Å². The van der Waals surface area contributed by atoms with Gasteiger partial charge in [-0.3, -0.25) is 4.21 Å². The summed E-state index contributed by atoms with van der Waals surface area (Å²) < 4.78 is 17.5. The molecule has 106 valence electrons. The normalized spacial score (nSPS) is 36.9. The van der Waals surface area contributed by atoms with E-state index in [0.717, 1.165) is 0 Å². The van der Waals surface area contributed by atoms with E-state index >= 15 is 0 Å². The predicted molar refractivity (Wildman–Crippen MR) is 66.6 cm³/mol. The van der Waals surface area contributed by atoms with Crippen LogP contribution in [0.25, 0.3) is 0 Å². The number of benzene rings is 1. The lowest BCUT2D eigenvalue weighted by atomic mass is 10.0. The molecule has 0 unspecified atom stereocenters. The van der Waals surface area contributed by atoms with Crippen LogP contribution in [0.1, 0.15) is 0 Å². The second-order valence-corrected chi connectivity index (χ2v) is 5.84. The van der Waals surface area contributed by atoms with Crippen molar-refractivity contribution in [3.05, 3.63) is 30.3 Å². The van der Waals surface area contributed by atoms with Gasteiger partial charge in [-0.15, -0.1) is 0 Å². The van der Waals surface area contributed by atoms with Gasteiger partial charge >= 0.3 is 0 Å². The molecule has 1 aromatic rings. The first-order valence-corrected chi connectivity index (χ1v) is 7.03. The highest BCUT2D eigenvalue weighted by atomic mass is 32.2. The summed E-state index contributed by atoms with van der Waals surface area (Å²) in [5, 5.41) is 38.2. The van der Waals surface area contributed by atoms with Gasteiger partial charge in [0.25, 0.3) is 0 Å². The molecule has 6 nitrogen and oxygen atoms in total. The number of hydrogen-bond acceptors (Lipinski definition) is 6. The number of aliphatic hydroxyl groups is 4. The van der Waals surface area contributed by atoms with Crippen LogP contribution >= 0.6 is 0 Å². The first-order chi connectivity index (χ1) is 9.06. The van der Waals surface area contributed by atoms with Crippen molar-refractivity contribution in [1.82, 2.24) is 0 Å². The summed E-state index contributed by atoms with van der Waals surface area (Å²) in [6.07, 6.45) is -5.48. The Balaban J connectivity index is 2.21. The Morgan fingerprint density at radius 1 is 1.05 bits per heavy atom. The van der Waals surface area contributed by atoms with Crippen molar-refractivity contribution in [1.29, 1.82) is 0 Å². The Morgan fingerprint density at radius 3 is 2.26 bits per heavy atom. The lowest BCUT2D eigenvalue weighted by Crippen LogP contribution is -2.59. The topological polar surface area (TPSA) is 107 Å². The maximum atomic E-state index is 12.3. The minimum atomic E-state index is -1.71. The molecule has 0 amide bonds. The Bertz CT molecular complexity index is 437. The van der Waals surface area contributed by atoms with Gasteiger partial charge in [0.1, 0.15) is 24.4 Å². The van der Waals surface area contributed by atoms with Crippen molar-refractivity contribution in [2.24, 2.45) is 0 Å². The first-order valence-electron chi connectivity index (χ1n) is 5.82. The highest BCUT2D eigenvalue weighted by Gasteiger charge is 2.46. The molecule has 2 rings (SSSR count). The molecule has 0 spiro atoms. The van der Waals surface area contributed by atoms with Gasteiger partial charge < -0.3 is 25.2 Å². The van der Waals surface area contributed by atoms with Gasteiger partial charge in [-0.2, -0.15) is 0 Å². The van der Waals surface area contributed by atoms with E-state index in [4.69, 9.17) is 9.84 Å². The largest absolute Gasteiger partial charge is 0.394 e. The van der Waals surface area contributed by atoms with Crippen molar-refractivity contribution in [2.45, 2.75) is 34.7 Å². The van der Waals surface area contributed by atoms with Crippen molar-refractivity contribution in [3.63, 3.8) is 0 Å². The van der Waals surface area contributed by atoms with Gasteiger partial charge in [-0.25, -0.2) is 0 Å². The van der Waals surface area contributed by atoms with Crippen LogP contribution in [0, 0.1) is 0 Å².